The average Bonchev–Trinajstić information content (AvgIpc) is 2.25. The fourth-order valence-electron chi connectivity index (χ4n) is 2.47. The number of carbonyl (C=O) groups is 1. The molecule has 3 heteroatoms. The van der Waals surface area contributed by atoms with Crippen molar-refractivity contribution in [1.82, 2.24) is 0 Å². The van der Waals surface area contributed by atoms with Crippen LogP contribution in [0.3, 0.4) is 0 Å². The van der Waals surface area contributed by atoms with Crippen LogP contribution < -0.4 is 4.90 Å². The highest BCUT2D eigenvalue weighted by Crippen LogP contribution is 2.37. The summed E-state index contributed by atoms with van der Waals surface area (Å²) >= 11 is 0. The lowest BCUT2D eigenvalue weighted by molar-refractivity contribution is 0.0538. The third-order valence-electron chi connectivity index (χ3n) is 3.42. The highest BCUT2D eigenvalue weighted by atomic mass is 16.6. The number of anilines is 1. The highest BCUT2D eigenvalue weighted by molar-refractivity contribution is 5.91. The Bertz CT molecular complexity index is 486. The molecule has 0 atom stereocenters. The largest absolute Gasteiger partial charge is 0.443 e. The van der Waals surface area contributed by atoms with Gasteiger partial charge in [-0.1, -0.05) is 18.2 Å². The normalized spacial score (nSPS) is 17.8. The monoisotopic (exact) mass is 261 g/mol. The van der Waals surface area contributed by atoms with Crippen LogP contribution in [-0.4, -0.2) is 17.2 Å². The van der Waals surface area contributed by atoms with Gasteiger partial charge in [-0.3, -0.25) is 4.90 Å². The number of hydrogen-bond donors (Lipinski definition) is 0. The minimum absolute atomic E-state index is 0.212. The Hall–Kier alpha value is -1.51. The van der Waals surface area contributed by atoms with E-state index in [2.05, 4.69) is 19.9 Å². The Morgan fingerprint density at radius 3 is 2.53 bits per heavy atom. The summed E-state index contributed by atoms with van der Waals surface area (Å²) in [6, 6.07) is 8.07. The van der Waals surface area contributed by atoms with Crippen LogP contribution in [0.25, 0.3) is 0 Å². The molecule has 0 saturated carbocycles. The number of hydrogen-bond acceptors (Lipinski definition) is 2. The summed E-state index contributed by atoms with van der Waals surface area (Å²) < 4.78 is 5.56. The molecule has 0 saturated heterocycles. The zero-order chi connectivity index (χ0) is 14.3. The number of amides is 1. The molecule has 1 aromatic rings. The van der Waals surface area contributed by atoms with Gasteiger partial charge < -0.3 is 4.74 Å². The first-order valence-corrected chi connectivity index (χ1v) is 6.82. The van der Waals surface area contributed by atoms with Crippen LogP contribution >= 0.6 is 0 Å². The summed E-state index contributed by atoms with van der Waals surface area (Å²) in [5.41, 5.74) is 1.51. The molecule has 0 aliphatic carbocycles. The molecular formula is C16H23NO2. The van der Waals surface area contributed by atoms with Crippen molar-refractivity contribution in [2.45, 2.75) is 58.6 Å². The van der Waals surface area contributed by atoms with Gasteiger partial charge in [0, 0.05) is 5.54 Å². The molecule has 1 heterocycles. The molecule has 1 amide bonds. The lowest BCUT2D eigenvalue weighted by atomic mass is 9.87. The van der Waals surface area contributed by atoms with E-state index in [1.54, 1.807) is 4.90 Å². The molecule has 0 bridgehead atoms. The number of fused-ring (bicyclic) bond motifs is 1. The van der Waals surface area contributed by atoms with Crippen LogP contribution in [0.4, 0.5) is 10.5 Å². The van der Waals surface area contributed by atoms with Crippen LogP contribution in [0.1, 0.15) is 46.6 Å². The first-order chi connectivity index (χ1) is 8.71. The highest BCUT2D eigenvalue weighted by Gasteiger charge is 2.39. The second-order valence-electron chi connectivity index (χ2n) is 6.76. The summed E-state index contributed by atoms with van der Waals surface area (Å²) in [6.45, 7) is 9.87. The first kappa shape index (κ1) is 13.9. The molecular weight excluding hydrogens is 238 g/mol. The van der Waals surface area contributed by atoms with Crippen LogP contribution in [0.5, 0.6) is 0 Å². The summed E-state index contributed by atoms with van der Waals surface area (Å²) in [6.07, 6.45) is 1.69. The smallest absolute Gasteiger partial charge is 0.415 e. The summed E-state index contributed by atoms with van der Waals surface area (Å²) in [5, 5.41) is 0. The first-order valence-electron chi connectivity index (χ1n) is 6.82. The number of carbonyl (C=O) groups excluding carboxylic acids is 1. The average molecular weight is 261 g/mol. The van der Waals surface area contributed by atoms with Crippen molar-refractivity contribution < 1.29 is 9.53 Å². The van der Waals surface area contributed by atoms with Gasteiger partial charge in [-0.05, 0) is 59.1 Å². The Labute approximate surface area is 115 Å². The van der Waals surface area contributed by atoms with Crippen molar-refractivity contribution in [3.8, 4) is 0 Å². The van der Waals surface area contributed by atoms with Crippen LogP contribution in [0.15, 0.2) is 24.3 Å². The number of para-hydroxylation sites is 1. The van der Waals surface area contributed by atoms with E-state index >= 15 is 0 Å². The quantitative estimate of drug-likeness (QED) is 0.702. The second-order valence-corrected chi connectivity index (χ2v) is 6.76. The summed E-state index contributed by atoms with van der Waals surface area (Å²) in [4.78, 5) is 14.3. The fourth-order valence-corrected chi connectivity index (χ4v) is 2.47. The minimum atomic E-state index is -0.473. The molecule has 0 fully saturated rings. The molecule has 19 heavy (non-hydrogen) atoms. The van der Waals surface area contributed by atoms with Gasteiger partial charge >= 0.3 is 6.09 Å². The number of benzene rings is 1. The maximum Gasteiger partial charge on any atom is 0.415 e. The Morgan fingerprint density at radius 2 is 1.89 bits per heavy atom. The van der Waals surface area contributed by atoms with E-state index < -0.39 is 5.60 Å². The fraction of sp³-hybridized carbons (Fsp3) is 0.562. The van der Waals surface area contributed by atoms with Crippen molar-refractivity contribution in [3.05, 3.63) is 29.8 Å². The van der Waals surface area contributed by atoms with Gasteiger partial charge in [0.2, 0.25) is 0 Å². The van der Waals surface area contributed by atoms with Gasteiger partial charge in [0.05, 0.1) is 5.69 Å². The van der Waals surface area contributed by atoms with E-state index in [0.29, 0.717) is 0 Å². The van der Waals surface area contributed by atoms with Crippen LogP contribution in [0, 0.1) is 0 Å². The Kier molecular flexibility index (Phi) is 3.33. The molecule has 1 aliphatic heterocycles. The zero-order valence-electron chi connectivity index (χ0n) is 12.5. The lowest BCUT2D eigenvalue weighted by Crippen LogP contribution is -2.52. The molecule has 1 aliphatic rings. The van der Waals surface area contributed by atoms with Crippen molar-refractivity contribution in [2.24, 2.45) is 0 Å². The van der Waals surface area contributed by atoms with Crippen molar-refractivity contribution in [1.29, 1.82) is 0 Å². The van der Waals surface area contributed by atoms with Gasteiger partial charge in [0.25, 0.3) is 0 Å². The molecule has 104 valence electrons. The van der Waals surface area contributed by atoms with E-state index in [0.717, 1.165) is 18.5 Å². The van der Waals surface area contributed by atoms with Crippen molar-refractivity contribution >= 4 is 11.8 Å². The predicted molar refractivity (Wildman–Crippen MR) is 77.6 cm³/mol. The Morgan fingerprint density at radius 1 is 1.26 bits per heavy atom. The third-order valence-corrected chi connectivity index (χ3v) is 3.42. The maximum atomic E-state index is 12.5. The van der Waals surface area contributed by atoms with E-state index in [1.807, 2.05) is 39.0 Å². The predicted octanol–water partition coefficient (Wildman–Crippen LogP) is 4.15. The lowest BCUT2D eigenvalue weighted by Gasteiger charge is -2.43. The van der Waals surface area contributed by atoms with Crippen molar-refractivity contribution in [2.75, 3.05) is 4.90 Å². The second kappa shape index (κ2) is 4.55. The van der Waals surface area contributed by atoms with Gasteiger partial charge in [-0.15, -0.1) is 0 Å². The van der Waals surface area contributed by atoms with Crippen LogP contribution in [0.2, 0.25) is 0 Å². The molecule has 0 unspecified atom stereocenters. The molecule has 3 nitrogen and oxygen atoms in total. The number of ether oxygens (including phenoxy) is 1. The molecule has 0 aromatic heterocycles. The summed E-state index contributed by atoms with van der Waals surface area (Å²) in [5.74, 6) is 0. The number of rotatable bonds is 0. The van der Waals surface area contributed by atoms with E-state index in [4.69, 9.17) is 4.74 Å². The molecule has 0 N–H and O–H groups in total. The third kappa shape index (κ3) is 2.91. The summed E-state index contributed by atoms with van der Waals surface area (Å²) in [7, 11) is 0. The van der Waals surface area contributed by atoms with Gasteiger partial charge in [-0.25, -0.2) is 4.79 Å². The Balaban J connectivity index is 2.38. The van der Waals surface area contributed by atoms with Crippen molar-refractivity contribution in [3.63, 3.8) is 0 Å². The molecule has 1 aromatic carbocycles. The van der Waals surface area contributed by atoms with E-state index in [-0.39, 0.29) is 11.6 Å². The van der Waals surface area contributed by atoms with Gasteiger partial charge in [-0.2, -0.15) is 0 Å². The maximum absolute atomic E-state index is 12.5. The number of nitrogens with zero attached hydrogens (tertiary/aromatic N) is 1. The van der Waals surface area contributed by atoms with Gasteiger partial charge in [0.15, 0.2) is 0 Å². The van der Waals surface area contributed by atoms with E-state index in [9.17, 15) is 4.79 Å². The SMILES string of the molecule is CC(C)(C)OC(=O)N1c2ccccc2CCC1(C)C. The van der Waals surface area contributed by atoms with E-state index in [1.165, 1.54) is 5.56 Å². The minimum Gasteiger partial charge on any atom is -0.443 e. The molecule has 0 spiro atoms. The molecule has 0 radical (unpaired) electrons. The topological polar surface area (TPSA) is 29.5 Å². The van der Waals surface area contributed by atoms with Gasteiger partial charge in [0.1, 0.15) is 5.60 Å². The van der Waals surface area contributed by atoms with Crippen LogP contribution in [-0.2, 0) is 11.2 Å². The zero-order valence-corrected chi connectivity index (χ0v) is 12.5. The molecule has 2 rings (SSSR count). The standard InChI is InChI=1S/C16H23NO2/c1-15(2,3)19-14(18)17-13-9-7-6-8-12(13)10-11-16(17,4)5/h6-9H,10-11H2,1-5H3. The number of aryl methyl sites for hydroxylation is 1.